The molecule has 1 nitrogen and oxygen atoms in total. The number of hydrogen-bond acceptors (Lipinski definition) is 1. The zero-order valence-corrected chi connectivity index (χ0v) is 19.8. The van der Waals surface area contributed by atoms with Crippen LogP contribution in [-0.2, 0) is 0 Å². The van der Waals surface area contributed by atoms with Crippen LogP contribution in [0.3, 0.4) is 0 Å². The minimum absolute atomic E-state index is 0.313. The molecule has 0 aliphatic carbocycles. The zero-order valence-electron chi connectivity index (χ0n) is 19.8. The van der Waals surface area contributed by atoms with E-state index in [0.717, 1.165) is 5.56 Å². The highest BCUT2D eigenvalue weighted by Gasteiger charge is 1.90. The monoisotopic (exact) mass is 412 g/mol. The van der Waals surface area contributed by atoms with E-state index in [1.807, 2.05) is 44.2 Å². The van der Waals surface area contributed by atoms with Crippen LogP contribution < -0.4 is 0 Å². The fourth-order valence-corrected chi connectivity index (χ4v) is 3.20. The highest BCUT2D eigenvalue weighted by atomic mass is 16.3. The van der Waals surface area contributed by atoms with Crippen molar-refractivity contribution in [2.75, 3.05) is 0 Å². The molecule has 31 heavy (non-hydrogen) atoms. The largest absolute Gasteiger partial charge is 0.508 e. The van der Waals surface area contributed by atoms with Crippen LogP contribution in [0.1, 0.15) is 52.8 Å². The van der Waals surface area contributed by atoms with Crippen LogP contribution in [0.15, 0.2) is 79.4 Å². The number of rotatable bonds is 3. The molecule has 0 heterocycles. The van der Waals surface area contributed by atoms with Crippen molar-refractivity contribution in [2.45, 2.75) is 41.5 Å². The molecule has 1 heteroatoms. The second kappa shape index (κ2) is 13.8. The summed E-state index contributed by atoms with van der Waals surface area (Å²) in [5, 5.41) is 8.90. The fourth-order valence-electron chi connectivity index (χ4n) is 3.20. The third-order valence-electron chi connectivity index (χ3n) is 4.34. The van der Waals surface area contributed by atoms with E-state index in [4.69, 9.17) is 5.11 Å². The Morgan fingerprint density at radius 1 is 0.581 bits per heavy atom. The number of phenolic OH excluding ortho intramolecular Hbond substituents is 1. The van der Waals surface area contributed by atoms with Gasteiger partial charge in [0.05, 0.1) is 0 Å². The highest BCUT2D eigenvalue weighted by Crippen LogP contribution is 2.11. The molecule has 0 atom stereocenters. The summed E-state index contributed by atoms with van der Waals surface area (Å²) < 4.78 is 0. The summed E-state index contributed by atoms with van der Waals surface area (Å²) in [6.45, 7) is 16.2. The average molecular weight is 413 g/mol. The summed E-state index contributed by atoms with van der Waals surface area (Å²) in [5.74, 6) is 0.313. The Bertz CT molecular complexity index is 965. The van der Waals surface area contributed by atoms with Gasteiger partial charge in [-0.1, -0.05) is 108 Å². The number of benzene rings is 3. The van der Waals surface area contributed by atoms with Crippen LogP contribution >= 0.6 is 0 Å². The van der Waals surface area contributed by atoms with Crippen molar-refractivity contribution in [1.29, 1.82) is 0 Å². The first-order valence-electron chi connectivity index (χ1n) is 10.6. The van der Waals surface area contributed by atoms with Crippen molar-refractivity contribution >= 4 is 18.2 Å². The van der Waals surface area contributed by atoms with Gasteiger partial charge in [0, 0.05) is 0 Å². The fraction of sp³-hybridized carbons (Fsp3) is 0.200. The van der Waals surface area contributed by atoms with Gasteiger partial charge in [-0.05, 0) is 70.4 Å². The Morgan fingerprint density at radius 3 is 1.35 bits per heavy atom. The van der Waals surface area contributed by atoms with E-state index in [1.165, 1.54) is 33.4 Å². The van der Waals surface area contributed by atoms with Gasteiger partial charge in [0.25, 0.3) is 0 Å². The maximum absolute atomic E-state index is 8.90. The van der Waals surface area contributed by atoms with Crippen LogP contribution in [0, 0.1) is 27.7 Å². The summed E-state index contributed by atoms with van der Waals surface area (Å²) in [5.41, 5.74) is 8.88. The predicted molar refractivity (Wildman–Crippen MR) is 139 cm³/mol. The normalized spacial score (nSPS) is 10.3. The molecule has 0 radical (unpaired) electrons. The van der Waals surface area contributed by atoms with Crippen molar-refractivity contribution in [2.24, 2.45) is 0 Å². The number of phenols is 1. The quantitative estimate of drug-likeness (QED) is 0.456. The van der Waals surface area contributed by atoms with Crippen molar-refractivity contribution in [1.82, 2.24) is 0 Å². The van der Waals surface area contributed by atoms with Gasteiger partial charge in [0.1, 0.15) is 5.75 Å². The summed E-state index contributed by atoms with van der Waals surface area (Å²) in [4.78, 5) is 0. The molecule has 0 spiro atoms. The van der Waals surface area contributed by atoms with Gasteiger partial charge >= 0.3 is 0 Å². The maximum Gasteiger partial charge on any atom is 0.115 e. The van der Waals surface area contributed by atoms with Crippen LogP contribution in [0.25, 0.3) is 18.2 Å². The lowest BCUT2D eigenvalue weighted by atomic mass is 10.1. The Kier molecular flexibility index (Phi) is 11.5. The van der Waals surface area contributed by atoms with Crippen LogP contribution in [0.5, 0.6) is 5.75 Å². The summed E-state index contributed by atoms with van der Waals surface area (Å²) in [6, 6.07) is 20.1. The van der Waals surface area contributed by atoms with Crippen LogP contribution in [0.4, 0.5) is 0 Å². The smallest absolute Gasteiger partial charge is 0.115 e. The van der Waals surface area contributed by atoms with E-state index in [9.17, 15) is 0 Å². The summed E-state index contributed by atoms with van der Waals surface area (Å²) in [7, 11) is 0. The van der Waals surface area contributed by atoms with E-state index in [1.54, 1.807) is 12.1 Å². The maximum atomic E-state index is 8.90. The molecule has 0 aliphatic rings. The van der Waals surface area contributed by atoms with E-state index in [2.05, 4.69) is 82.8 Å². The average Bonchev–Trinajstić information content (AvgIpc) is 2.70. The van der Waals surface area contributed by atoms with Crippen molar-refractivity contribution in [3.8, 4) is 5.75 Å². The number of allylic oxidation sites excluding steroid dienone is 2. The molecule has 3 aromatic rings. The number of aryl methyl sites for hydroxylation is 4. The Hall–Kier alpha value is -3.32. The first-order valence-corrected chi connectivity index (χ1v) is 10.6. The second-order valence-electron chi connectivity index (χ2n) is 7.64. The molecule has 162 valence electrons. The molecule has 0 amide bonds. The first kappa shape index (κ1) is 25.7. The zero-order chi connectivity index (χ0) is 23.2. The molecule has 0 saturated heterocycles. The molecule has 0 saturated carbocycles. The first-order chi connectivity index (χ1) is 14.8. The third-order valence-corrected chi connectivity index (χ3v) is 4.34. The van der Waals surface area contributed by atoms with Crippen molar-refractivity contribution in [3.63, 3.8) is 0 Å². The lowest BCUT2D eigenvalue weighted by Gasteiger charge is -1.98. The Balaban J connectivity index is 0.000000233. The van der Waals surface area contributed by atoms with Crippen molar-refractivity contribution < 1.29 is 5.11 Å². The lowest BCUT2D eigenvalue weighted by Crippen LogP contribution is -1.79. The van der Waals surface area contributed by atoms with Crippen molar-refractivity contribution in [3.05, 3.63) is 118 Å². The third kappa shape index (κ3) is 10.9. The summed E-state index contributed by atoms with van der Waals surface area (Å²) >= 11 is 0. The Labute approximate surface area is 189 Å². The van der Waals surface area contributed by atoms with E-state index in [0.29, 0.717) is 5.75 Å². The Morgan fingerprint density at radius 2 is 0.968 bits per heavy atom. The number of aromatic hydroxyl groups is 1. The second-order valence-corrected chi connectivity index (χ2v) is 7.64. The number of hydrogen-bond donors (Lipinski definition) is 1. The van der Waals surface area contributed by atoms with Gasteiger partial charge in [-0.2, -0.15) is 0 Å². The minimum Gasteiger partial charge on any atom is -0.508 e. The van der Waals surface area contributed by atoms with E-state index < -0.39 is 0 Å². The highest BCUT2D eigenvalue weighted by molar-refractivity contribution is 5.52. The molecule has 0 unspecified atom stereocenters. The van der Waals surface area contributed by atoms with Crippen LogP contribution in [0.2, 0.25) is 0 Å². The van der Waals surface area contributed by atoms with Gasteiger partial charge in [0.15, 0.2) is 0 Å². The molecule has 0 aliphatic heterocycles. The molecule has 1 N–H and O–H groups in total. The van der Waals surface area contributed by atoms with E-state index in [-0.39, 0.29) is 0 Å². The van der Waals surface area contributed by atoms with Gasteiger partial charge in [0.2, 0.25) is 0 Å². The van der Waals surface area contributed by atoms with Gasteiger partial charge in [-0.3, -0.25) is 0 Å². The van der Waals surface area contributed by atoms with Gasteiger partial charge < -0.3 is 5.11 Å². The lowest BCUT2D eigenvalue weighted by molar-refractivity contribution is 0.475. The van der Waals surface area contributed by atoms with Crippen LogP contribution in [-0.4, -0.2) is 5.11 Å². The molecular weight excluding hydrogens is 376 g/mol. The van der Waals surface area contributed by atoms with Gasteiger partial charge in [-0.15, -0.1) is 0 Å². The molecule has 3 rings (SSSR count). The predicted octanol–water partition coefficient (Wildman–Crippen LogP) is 8.71. The molecule has 0 fully saturated rings. The SMILES string of the molecule is C/C=C/c1cc(C)cc(C)c1.C/C=C/c1ccc(O)cc1.C=Cc1cc(C)cc(C)c1. The molecule has 3 aromatic carbocycles. The summed E-state index contributed by atoms with van der Waals surface area (Å²) in [6.07, 6.45) is 10.0. The molecular formula is C30H36O. The van der Waals surface area contributed by atoms with Gasteiger partial charge in [-0.25, -0.2) is 0 Å². The molecule has 0 bridgehead atoms. The standard InChI is InChI=1S/C11H14.C10H12.C9H10O/c1-4-5-11-7-9(2)6-10(3)8-11;1-4-10-6-8(2)5-9(3)7-10;1-2-3-8-4-6-9(10)7-5-8/h4-8H,1-3H3;4-7H,1H2,2-3H3;2-7,10H,1H3/b5-4+;;3-2+. The topological polar surface area (TPSA) is 20.2 Å². The van der Waals surface area contributed by atoms with E-state index >= 15 is 0 Å². The minimum atomic E-state index is 0.313. The molecule has 0 aromatic heterocycles.